The van der Waals surface area contributed by atoms with Gasteiger partial charge in [0.25, 0.3) is 0 Å². The molecule has 0 bridgehead atoms. The molecule has 0 fully saturated rings. The molecule has 12 heavy (non-hydrogen) atoms. The van der Waals surface area contributed by atoms with Crippen LogP contribution in [0, 0.1) is 5.92 Å². The molecule has 0 spiro atoms. The van der Waals surface area contributed by atoms with E-state index in [1.165, 1.54) is 0 Å². The van der Waals surface area contributed by atoms with E-state index in [4.69, 9.17) is 5.11 Å². The maximum atomic E-state index is 10.6. The van der Waals surface area contributed by atoms with E-state index in [1.807, 2.05) is 0 Å². The summed E-state index contributed by atoms with van der Waals surface area (Å²) in [5, 5.41) is 11.6. The second-order valence-electron chi connectivity index (χ2n) is 3.10. The Bertz CT molecular complexity index is 132. The summed E-state index contributed by atoms with van der Waals surface area (Å²) in [5.74, 6) is -0.219. The number of carbonyl (C=O) groups is 1. The lowest BCUT2D eigenvalue weighted by atomic mass is 9.95. The van der Waals surface area contributed by atoms with Gasteiger partial charge in [-0.3, -0.25) is 4.79 Å². The van der Waals surface area contributed by atoms with Gasteiger partial charge in [-0.05, 0) is 19.4 Å². The number of carboxylic acid groups (broad SMARTS) is 1. The number of aliphatic carboxylic acids is 1. The van der Waals surface area contributed by atoms with E-state index in [0.717, 1.165) is 19.3 Å². The fourth-order valence-corrected chi connectivity index (χ4v) is 1.30. The Morgan fingerprint density at radius 3 is 2.17 bits per heavy atom. The van der Waals surface area contributed by atoms with Crippen molar-refractivity contribution >= 4 is 5.97 Å². The first kappa shape index (κ1) is 11.4. The van der Waals surface area contributed by atoms with E-state index in [-0.39, 0.29) is 6.04 Å². The van der Waals surface area contributed by atoms with E-state index in [0.29, 0.717) is 5.92 Å². The van der Waals surface area contributed by atoms with E-state index < -0.39 is 5.97 Å². The molecule has 0 aliphatic rings. The summed E-state index contributed by atoms with van der Waals surface area (Å²) >= 11 is 0. The smallest absolute Gasteiger partial charge is 0.320 e. The molecule has 0 rings (SSSR count). The second kappa shape index (κ2) is 6.00. The number of rotatable bonds is 6. The zero-order chi connectivity index (χ0) is 9.56. The Labute approximate surface area is 74.2 Å². The van der Waals surface area contributed by atoms with Gasteiger partial charge >= 0.3 is 5.97 Å². The molecule has 1 unspecified atom stereocenters. The van der Waals surface area contributed by atoms with Crippen molar-refractivity contribution in [3.8, 4) is 0 Å². The van der Waals surface area contributed by atoms with Crippen molar-refractivity contribution in [3.05, 3.63) is 0 Å². The van der Waals surface area contributed by atoms with E-state index >= 15 is 0 Å². The second-order valence-corrected chi connectivity index (χ2v) is 3.10. The predicted octanol–water partition coefficient (Wildman–Crippen LogP) is 1.49. The third-order valence-corrected chi connectivity index (χ3v) is 2.37. The summed E-state index contributed by atoms with van der Waals surface area (Å²) in [7, 11) is 1.70. The van der Waals surface area contributed by atoms with E-state index in [2.05, 4.69) is 19.2 Å². The van der Waals surface area contributed by atoms with Crippen LogP contribution in [0.1, 0.15) is 33.1 Å². The highest BCUT2D eigenvalue weighted by Gasteiger charge is 2.18. The van der Waals surface area contributed by atoms with Crippen LogP contribution in [-0.2, 0) is 4.79 Å². The SMILES string of the molecule is CCC(CC)CC(NC)C(=O)O. The predicted molar refractivity (Wildman–Crippen MR) is 49.2 cm³/mol. The molecule has 2 N–H and O–H groups in total. The number of hydrogen-bond donors (Lipinski definition) is 2. The van der Waals surface area contributed by atoms with Crippen LogP contribution in [0.4, 0.5) is 0 Å². The average Bonchev–Trinajstić information content (AvgIpc) is 2.06. The molecule has 3 nitrogen and oxygen atoms in total. The quantitative estimate of drug-likeness (QED) is 0.639. The van der Waals surface area contributed by atoms with Crippen LogP contribution >= 0.6 is 0 Å². The normalized spacial score (nSPS) is 13.3. The molecule has 72 valence electrons. The van der Waals surface area contributed by atoms with E-state index in [1.54, 1.807) is 7.05 Å². The molecule has 0 aliphatic carbocycles. The Morgan fingerprint density at radius 1 is 1.42 bits per heavy atom. The van der Waals surface area contributed by atoms with Gasteiger partial charge in [-0.15, -0.1) is 0 Å². The van der Waals surface area contributed by atoms with Crippen LogP contribution in [-0.4, -0.2) is 24.2 Å². The molecular formula is C9H19NO2. The first-order valence-corrected chi connectivity index (χ1v) is 4.55. The number of carboxylic acids is 1. The van der Waals surface area contributed by atoms with Crippen molar-refractivity contribution < 1.29 is 9.90 Å². The van der Waals surface area contributed by atoms with Crippen molar-refractivity contribution in [2.75, 3.05) is 7.05 Å². The van der Waals surface area contributed by atoms with Gasteiger partial charge < -0.3 is 10.4 Å². The zero-order valence-electron chi connectivity index (χ0n) is 8.13. The van der Waals surface area contributed by atoms with Gasteiger partial charge in [-0.1, -0.05) is 26.7 Å². The van der Waals surface area contributed by atoms with Crippen LogP contribution in [0.25, 0.3) is 0 Å². The molecule has 0 saturated carbocycles. The van der Waals surface area contributed by atoms with Crippen LogP contribution < -0.4 is 5.32 Å². The first-order valence-electron chi connectivity index (χ1n) is 4.55. The van der Waals surface area contributed by atoms with Crippen molar-refractivity contribution in [1.29, 1.82) is 0 Å². The average molecular weight is 173 g/mol. The van der Waals surface area contributed by atoms with Gasteiger partial charge in [0.1, 0.15) is 6.04 Å². The fraction of sp³-hybridized carbons (Fsp3) is 0.889. The Balaban J connectivity index is 3.91. The summed E-state index contributed by atoms with van der Waals surface area (Å²) in [6, 6.07) is -0.380. The minimum Gasteiger partial charge on any atom is -0.480 e. The number of hydrogen-bond acceptors (Lipinski definition) is 2. The molecule has 0 amide bonds. The maximum absolute atomic E-state index is 10.6. The molecule has 0 radical (unpaired) electrons. The molecule has 0 aromatic carbocycles. The lowest BCUT2D eigenvalue weighted by Gasteiger charge is -2.17. The molecule has 0 heterocycles. The lowest BCUT2D eigenvalue weighted by molar-refractivity contribution is -0.139. The highest BCUT2D eigenvalue weighted by molar-refractivity contribution is 5.73. The number of likely N-dealkylation sites (N-methyl/N-ethyl adjacent to an activating group) is 1. The Hall–Kier alpha value is -0.570. The minimum atomic E-state index is -0.746. The lowest BCUT2D eigenvalue weighted by Crippen LogP contribution is -2.35. The summed E-state index contributed by atoms with van der Waals surface area (Å²) in [5.41, 5.74) is 0. The number of nitrogens with one attached hydrogen (secondary N) is 1. The standard InChI is InChI=1S/C9H19NO2/c1-4-7(5-2)6-8(10-3)9(11)12/h7-8,10H,4-6H2,1-3H3,(H,11,12). The van der Waals surface area contributed by atoms with Crippen molar-refractivity contribution in [2.45, 2.75) is 39.2 Å². The first-order chi connectivity index (χ1) is 5.65. The van der Waals surface area contributed by atoms with Crippen molar-refractivity contribution in [1.82, 2.24) is 5.32 Å². The van der Waals surface area contributed by atoms with Crippen LogP contribution in [0.2, 0.25) is 0 Å². The van der Waals surface area contributed by atoms with Crippen LogP contribution in [0.5, 0.6) is 0 Å². The highest BCUT2D eigenvalue weighted by Crippen LogP contribution is 2.14. The van der Waals surface area contributed by atoms with Gasteiger partial charge in [0, 0.05) is 0 Å². The Morgan fingerprint density at radius 2 is 1.92 bits per heavy atom. The third kappa shape index (κ3) is 3.72. The Kier molecular flexibility index (Phi) is 5.72. The van der Waals surface area contributed by atoms with E-state index in [9.17, 15) is 4.79 Å². The minimum absolute atomic E-state index is 0.380. The molecule has 0 aromatic heterocycles. The molecule has 3 heteroatoms. The fourth-order valence-electron chi connectivity index (χ4n) is 1.30. The van der Waals surface area contributed by atoms with Crippen molar-refractivity contribution in [3.63, 3.8) is 0 Å². The van der Waals surface area contributed by atoms with Gasteiger partial charge in [0.2, 0.25) is 0 Å². The molecule has 0 aliphatic heterocycles. The largest absolute Gasteiger partial charge is 0.480 e. The zero-order valence-corrected chi connectivity index (χ0v) is 8.13. The molecule has 1 atom stereocenters. The topological polar surface area (TPSA) is 49.3 Å². The third-order valence-electron chi connectivity index (χ3n) is 2.37. The summed E-state index contributed by atoms with van der Waals surface area (Å²) < 4.78 is 0. The summed E-state index contributed by atoms with van der Waals surface area (Å²) in [4.78, 5) is 10.6. The van der Waals surface area contributed by atoms with Crippen molar-refractivity contribution in [2.24, 2.45) is 5.92 Å². The van der Waals surface area contributed by atoms with Crippen LogP contribution in [0.15, 0.2) is 0 Å². The molecular weight excluding hydrogens is 154 g/mol. The summed E-state index contributed by atoms with van der Waals surface area (Å²) in [6.07, 6.45) is 2.85. The maximum Gasteiger partial charge on any atom is 0.320 e. The van der Waals surface area contributed by atoms with Gasteiger partial charge in [0.05, 0.1) is 0 Å². The highest BCUT2D eigenvalue weighted by atomic mass is 16.4. The molecule has 0 saturated heterocycles. The van der Waals surface area contributed by atoms with Crippen LogP contribution in [0.3, 0.4) is 0 Å². The van der Waals surface area contributed by atoms with Gasteiger partial charge in [-0.2, -0.15) is 0 Å². The summed E-state index contributed by atoms with van der Waals surface area (Å²) in [6.45, 7) is 4.20. The monoisotopic (exact) mass is 173 g/mol. The molecule has 0 aromatic rings. The van der Waals surface area contributed by atoms with Gasteiger partial charge in [-0.25, -0.2) is 0 Å². The van der Waals surface area contributed by atoms with Gasteiger partial charge in [0.15, 0.2) is 0 Å².